The molecule has 0 unspecified atom stereocenters. The zero-order valence-electron chi connectivity index (χ0n) is 7.57. The predicted octanol–water partition coefficient (Wildman–Crippen LogP) is 0.260. The van der Waals surface area contributed by atoms with E-state index in [1.807, 2.05) is 19.3 Å². The van der Waals surface area contributed by atoms with Gasteiger partial charge in [0.15, 0.2) is 6.61 Å². The first kappa shape index (κ1) is 12.2. The van der Waals surface area contributed by atoms with Crippen molar-refractivity contribution in [2.45, 2.75) is 19.1 Å². The van der Waals surface area contributed by atoms with Crippen LogP contribution in [0.5, 0.6) is 0 Å². The van der Waals surface area contributed by atoms with Crippen LogP contribution in [0.4, 0.5) is 0 Å². The second-order valence-electron chi connectivity index (χ2n) is 2.57. The Labute approximate surface area is 80.8 Å². The number of hydrogen-bond acceptors (Lipinski definition) is 4. The number of aliphatic carboxylic acids is 1. The highest BCUT2D eigenvalue weighted by molar-refractivity contribution is 8.00. The minimum atomic E-state index is -1.11. The number of rotatable bonds is 6. The van der Waals surface area contributed by atoms with E-state index in [-0.39, 0.29) is 11.7 Å². The summed E-state index contributed by atoms with van der Waals surface area (Å²) in [5, 5.41) is 8.53. The van der Waals surface area contributed by atoms with Crippen molar-refractivity contribution in [2.75, 3.05) is 12.4 Å². The fraction of sp³-hybridized carbons (Fsp3) is 0.714. The maximum Gasteiger partial charge on any atom is 0.332 e. The second-order valence-corrected chi connectivity index (χ2v) is 4.13. The smallest absolute Gasteiger partial charge is 0.332 e. The van der Waals surface area contributed by atoms with Crippen LogP contribution in [-0.4, -0.2) is 34.6 Å². The predicted molar refractivity (Wildman–Crippen MR) is 49.3 cm³/mol. The van der Waals surface area contributed by atoms with Crippen LogP contribution in [0.1, 0.15) is 13.8 Å². The molecular formula is C7H13NO4S. The Kier molecular flexibility index (Phi) is 6.34. The minimum absolute atomic E-state index is 0.275. The average Bonchev–Trinajstić information content (AvgIpc) is 2.00. The van der Waals surface area contributed by atoms with E-state index in [1.165, 1.54) is 11.8 Å². The van der Waals surface area contributed by atoms with Crippen LogP contribution in [-0.2, 0) is 14.4 Å². The van der Waals surface area contributed by atoms with Gasteiger partial charge in [0.2, 0.25) is 0 Å². The highest BCUT2D eigenvalue weighted by Crippen LogP contribution is 2.07. The second kappa shape index (κ2) is 6.73. The van der Waals surface area contributed by atoms with Gasteiger partial charge in [-0.05, 0) is 5.25 Å². The largest absolute Gasteiger partial charge is 0.479 e. The molecule has 0 aromatic carbocycles. The molecule has 0 rings (SSSR count). The summed E-state index contributed by atoms with van der Waals surface area (Å²) >= 11 is 1.46. The molecule has 0 spiro atoms. The van der Waals surface area contributed by atoms with E-state index in [1.54, 1.807) is 0 Å². The van der Waals surface area contributed by atoms with Crippen LogP contribution in [0, 0.1) is 0 Å². The first-order valence-electron chi connectivity index (χ1n) is 3.76. The monoisotopic (exact) mass is 207 g/mol. The van der Waals surface area contributed by atoms with Crippen molar-refractivity contribution >= 4 is 23.6 Å². The molecule has 0 aromatic heterocycles. The fourth-order valence-electron chi connectivity index (χ4n) is 0.450. The standard InChI is InChI=1S/C7H13NO4S/c1-5(2)13-4-6(9)8-12-3-7(10)11/h5H,3-4H2,1-2H3,(H,8,9)(H,10,11). The molecule has 0 aliphatic rings. The lowest BCUT2D eigenvalue weighted by atomic mass is 10.6. The van der Waals surface area contributed by atoms with Crippen molar-refractivity contribution < 1.29 is 19.5 Å². The first-order valence-corrected chi connectivity index (χ1v) is 4.81. The van der Waals surface area contributed by atoms with Crippen molar-refractivity contribution in [2.24, 2.45) is 0 Å². The van der Waals surface area contributed by atoms with Crippen LogP contribution in [0.25, 0.3) is 0 Å². The van der Waals surface area contributed by atoms with Gasteiger partial charge >= 0.3 is 5.97 Å². The fourth-order valence-corrected chi connectivity index (χ4v) is 0.994. The van der Waals surface area contributed by atoms with Gasteiger partial charge < -0.3 is 5.11 Å². The molecule has 0 radical (unpaired) electrons. The average molecular weight is 207 g/mol. The number of hydrogen-bond donors (Lipinski definition) is 2. The van der Waals surface area contributed by atoms with Gasteiger partial charge in [0, 0.05) is 0 Å². The molecule has 0 aliphatic carbocycles. The highest BCUT2D eigenvalue weighted by atomic mass is 32.2. The Bertz CT molecular complexity index is 183. The van der Waals surface area contributed by atoms with Crippen LogP contribution in [0.15, 0.2) is 0 Å². The van der Waals surface area contributed by atoms with Crippen molar-refractivity contribution in [3.63, 3.8) is 0 Å². The minimum Gasteiger partial charge on any atom is -0.479 e. The van der Waals surface area contributed by atoms with Gasteiger partial charge in [-0.15, -0.1) is 11.8 Å². The van der Waals surface area contributed by atoms with E-state index in [2.05, 4.69) is 4.84 Å². The van der Waals surface area contributed by atoms with Gasteiger partial charge in [-0.1, -0.05) is 13.8 Å². The van der Waals surface area contributed by atoms with Gasteiger partial charge in [-0.3, -0.25) is 9.63 Å². The van der Waals surface area contributed by atoms with Gasteiger partial charge in [0.05, 0.1) is 5.75 Å². The molecule has 0 saturated heterocycles. The summed E-state index contributed by atoms with van der Waals surface area (Å²) in [6, 6.07) is 0. The first-order chi connectivity index (χ1) is 6.02. The third-order valence-electron chi connectivity index (χ3n) is 0.929. The highest BCUT2D eigenvalue weighted by Gasteiger charge is 2.04. The van der Waals surface area contributed by atoms with E-state index in [4.69, 9.17) is 5.11 Å². The Morgan fingerprint density at radius 3 is 2.62 bits per heavy atom. The number of carbonyl (C=O) groups excluding carboxylic acids is 1. The Morgan fingerprint density at radius 2 is 2.15 bits per heavy atom. The molecule has 1 amide bonds. The molecule has 0 bridgehead atoms. The van der Waals surface area contributed by atoms with Gasteiger partial charge in [0.25, 0.3) is 5.91 Å². The van der Waals surface area contributed by atoms with E-state index in [0.717, 1.165) is 0 Å². The molecule has 0 aromatic rings. The zero-order valence-corrected chi connectivity index (χ0v) is 8.39. The zero-order chi connectivity index (χ0) is 10.3. The summed E-state index contributed by atoms with van der Waals surface area (Å²) in [6.45, 7) is 3.42. The van der Waals surface area contributed by atoms with E-state index in [9.17, 15) is 9.59 Å². The molecule has 6 heteroatoms. The molecule has 76 valence electrons. The molecule has 5 nitrogen and oxygen atoms in total. The number of nitrogens with one attached hydrogen (secondary N) is 1. The SMILES string of the molecule is CC(C)SCC(=O)NOCC(=O)O. The van der Waals surface area contributed by atoms with E-state index in [0.29, 0.717) is 5.25 Å². The lowest BCUT2D eigenvalue weighted by Crippen LogP contribution is -2.28. The number of carbonyl (C=O) groups is 2. The number of carboxylic acid groups (broad SMARTS) is 1. The molecular weight excluding hydrogens is 194 g/mol. The number of carboxylic acids is 1. The van der Waals surface area contributed by atoms with Crippen molar-refractivity contribution in [3.8, 4) is 0 Å². The molecule has 0 aliphatic heterocycles. The number of thioether (sulfide) groups is 1. The maximum absolute atomic E-state index is 10.9. The lowest BCUT2D eigenvalue weighted by molar-refractivity contribution is -0.148. The van der Waals surface area contributed by atoms with Gasteiger partial charge in [-0.25, -0.2) is 10.3 Å². The van der Waals surface area contributed by atoms with Crippen LogP contribution >= 0.6 is 11.8 Å². The van der Waals surface area contributed by atoms with Gasteiger partial charge in [0.1, 0.15) is 0 Å². The molecule has 0 heterocycles. The summed E-state index contributed by atoms with van der Waals surface area (Å²) in [5.74, 6) is -1.16. The lowest BCUT2D eigenvalue weighted by Gasteiger charge is -2.05. The van der Waals surface area contributed by atoms with Crippen molar-refractivity contribution in [1.29, 1.82) is 0 Å². The summed E-state index contributed by atoms with van der Waals surface area (Å²) in [4.78, 5) is 25.2. The summed E-state index contributed by atoms with van der Waals surface area (Å²) in [6.07, 6.45) is 0. The van der Waals surface area contributed by atoms with Crippen LogP contribution in [0.2, 0.25) is 0 Å². The van der Waals surface area contributed by atoms with Crippen LogP contribution in [0.3, 0.4) is 0 Å². The summed E-state index contributed by atoms with van der Waals surface area (Å²) < 4.78 is 0. The topological polar surface area (TPSA) is 75.6 Å². The van der Waals surface area contributed by atoms with Crippen molar-refractivity contribution in [1.82, 2.24) is 5.48 Å². The quantitative estimate of drug-likeness (QED) is 0.611. The maximum atomic E-state index is 10.9. The van der Waals surface area contributed by atoms with Crippen molar-refractivity contribution in [3.05, 3.63) is 0 Å². The van der Waals surface area contributed by atoms with Crippen LogP contribution < -0.4 is 5.48 Å². The molecule has 0 fully saturated rings. The summed E-state index contributed by atoms with van der Waals surface area (Å²) in [5.41, 5.74) is 2.03. The third-order valence-corrected chi connectivity index (χ3v) is 2.02. The van der Waals surface area contributed by atoms with Gasteiger partial charge in [-0.2, -0.15) is 0 Å². The Balaban J connectivity index is 3.35. The molecule has 0 atom stereocenters. The van der Waals surface area contributed by atoms with E-state index < -0.39 is 12.6 Å². The number of hydroxylamine groups is 1. The Morgan fingerprint density at radius 1 is 1.54 bits per heavy atom. The molecule has 13 heavy (non-hydrogen) atoms. The number of amides is 1. The third kappa shape index (κ3) is 9.16. The Hall–Kier alpha value is -0.750. The van der Waals surface area contributed by atoms with E-state index >= 15 is 0 Å². The molecule has 2 N–H and O–H groups in total. The normalized spacial score (nSPS) is 10.1. The molecule has 0 saturated carbocycles. The summed E-state index contributed by atoms with van der Waals surface area (Å²) in [7, 11) is 0.